The molecule has 0 saturated heterocycles. The lowest BCUT2D eigenvalue weighted by Gasteiger charge is -2.27. The minimum atomic E-state index is 0.172. The molecule has 0 nitrogen and oxygen atoms in total. The molecule has 0 aromatic heterocycles. The van der Waals surface area contributed by atoms with Gasteiger partial charge in [-0.25, -0.2) is 0 Å². The first kappa shape index (κ1) is 15.3. The molecule has 1 radical (unpaired) electrons. The molecule has 1 rings (SSSR count). The quantitative estimate of drug-likeness (QED) is 0.665. The zero-order valence-electron chi connectivity index (χ0n) is 13.4. The lowest BCUT2D eigenvalue weighted by molar-refractivity contribution is 0.551. The van der Waals surface area contributed by atoms with E-state index in [4.69, 9.17) is 0 Å². The molecular formula is C18H29. The zero-order valence-corrected chi connectivity index (χ0v) is 13.4. The van der Waals surface area contributed by atoms with Gasteiger partial charge in [0.25, 0.3) is 0 Å². The van der Waals surface area contributed by atoms with E-state index in [0.717, 1.165) is 6.42 Å². The normalized spacial score (nSPS) is 13.2. The molecule has 0 saturated carbocycles. The fraction of sp³-hybridized carbons (Fsp3) is 0.667. The van der Waals surface area contributed by atoms with Crippen LogP contribution in [0.2, 0.25) is 0 Å². The lowest BCUT2D eigenvalue weighted by Crippen LogP contribution is -2.19. The Morgan fingerprint density at radius 1 is 0.944 bits per heavy atom. The minimum absolute atomic E-state index is 0.172. The third-order valence-electron chi connectivity index (χ3n) is 3.22. The van der Waals surface area contributed by atoms with E-state index in [1.165, 1.54) is 16.7 Å². The third kappa shape index (κ3) is 3.86. The van der Waals surface area contributed by atoms with E-state index >= 15 is 0 Å². The van der Waals surface area contributed by atoms with E-state index in [1.54, 1.807) is 0 Å². The van der Waals surface area contributed by atoms with Crippen LogP contribution in [-0.2, 0) is 17.3 Å². The van der Waals surface area contributed by atoms with E-state index < -0.39 is 0 Å². The maximum Gasteiger partial charge on any atom is -0.0100 e. The van der Waals surface area contributed by atoms with Crippen molar-refractivity contribution in [3.63, 3.8) is 0 Å². The standard InChI is InChI=1S/C18H29/c1-13(2)11-14-9-10-15(17(3,4)5)12-16(14)18(6,7)8/h9-10,13H,11H2,1-8H3. The van der Waals surface area contributed by atoms with Gasteiger partial charge in [0.2, 0.25) is 0 Å². The van der Waals surface area contributed by atoms with Crippen molar-refractivity contribution in [2.75, 3.05) is 0 Å². The van der Waals surface area contributed by atoms with Gasteiger partial charge in [0, 0.05) is 0 Å². The highest BCUT2D eigenvalue weighted by Crippen LogP contribution is 2.31. The summed E-state index contributed by atoms with van der Waals surface area (Å²) >= 11 is 0. The van der Waals surface area contributed by atoms with Gasteiger partial charge in [0.05, 0.1) is 0 Å². The highest BCUT2D eigenvalue weighted by atomic mass is 14.3. The van der Waals surface area contributed by atoms with Crippen molar-refractivity contribution in [1.29, 1.82) is 0 Å². The predicted octanol–water partition coefficient (Wildman–Crippen LogP) is 5.28. The summed E-state index contributed by atoms with van der Waals surface area (Å²) in [5.74, 6) is 0.694. The van der Waals surface area contributed by atoms with Crippen LogP contribution in [0.3, 0.4) is 0 Å². The molecule has 1 aromatic carbocycles. The van der Waals surface area contributed by atoms with Gasteiger partial charge in [-0.2, -0.15) is 0 Å². The van der Waals surface area contributed by atoms with Crippen molar-refractivity contribution >= 4 is 0 Å². The monoisotopic (exact) mass is 245 g/mol. The largest absolute Gasteiger partial charge is 0.0625 e. The number of benzene rings is 1. The van der Waals surface area contributed by atoms with Crippen molar-refractivity contribution < 1.29 is 0 Å². The van der Waals surface area contributed by atoms with Crippen molar-refractivity contribution in [1.82, 2.24) is 0 Å². The van der Waals surface area contributed by atoms with Gasteiger partial charge in [-0.15, -0.1) is 0 Å². The van der Waals surface area contributed by atoms with Crippen LogP contribution in [0.1, 0.15) is 72.1 Å². The van der Waals surface area contributed by atoms with Gasteiger partial charge in [-0.1, -0.05) is 67.5 Å². The Labute approximate surface area is 114 Å². The molecule has 0 bridgehead atoms. The van der Waals surface area contributed by atoms with Crippen LogP contribution < -0.4 is 0 Å². The predicted molar refractivity (Wildman–Crippen MR) is 81.2 cm³/mol. The molecule has 1 aromatic rings. The summed E-state index contributed by atoms with van der Waals surface area (Å²) in [5, 5.41) is 0. The van der Waals surface area contributed by atoms with Crippen LogP contribution in [-0.4, -0.2) is 0 Å². The first-order valence-electron chi connectivity index (χ1n) is 7.08. The molecule has 101 valence electrons. The molecule has 0 spiro atoms. The maximum absolute atomic E-state index is 3.70. The highest BCUT2D eigenvalue weighted by molar-refractivity contribution is 5.38. The molecule has 0 aliphatic carbocycles. The summed E-state index contributed by atoms with van der Waals surface area (Å²) in [7, 11) is 0. The third-order valence-corrected chi connectivity index (χ3v) is 3.22. The van der Waals surface area contributed by atoms with Gasteiger partial charge in [0.15, 0.2) is 0 Å². The van der Waals surface area contributed by atoms with Crippen LogP contribution in [0.25, 0.3) is 0 Å². The molecule has 0 amide bonds. The minimum Gasteiger partial charge on any atom is -0.0625 e. The van der Waals surface area contributed by atoms with Crippen molar-refractivity contribution in [2.24, 2.45) is 5.92 Å². The van der Waals surface area contributed by atoms with Crippen molar-refractivity contribution in [3.8, 4) is 0 Å². The number of hydrogen-bond donors (Lipinski definition) is 0. The maximum atomic E-state index is 3.70. The second-order valence-electron chi connectivity index (χ2n) is 7.87. The molecule has 0 N–H and O–H groups in total. The Morgan fingerprint density at radius 3 is 1.89 bits per heavy atom. The van der Waals surface area contributed by atoms with Gasteiger partial charge < -0.3 is 0 Å². The van der Waals surface area contributed by atoms with Gasteiger partial charge in [-0.3, -0.25) is 0 Å². The fourth-order valence-electron chi connectivity index (χ4n) is 2.24. The Morgan fingerprint density at radius 2 is 1.50 bits per heavy atom. The van der Waals surface area contributed by atoms with E-state index in [0.29, 0.717) is 5.92 Å². The zero-order chi connectivity index (χ0) is 14.1. The Bertz CT molecular complexity index is 397. The lowest BCUT2D eigenvalue weighted by atomic mass is 9.77. The van der Waals surface area contributed by atoms with Crippen LogP contribution in [0, 0.1) is 12.0 Å². The first-order chi connectivity index (χ1) is 8.01. The van der Waals surface area contributed by atoms with Gasteiger partial charge in [-0.05, 0) is 45.9 Å². The summed E-state index contributed by atoms with van der Waals surface area (Å²) in [6.07, 6.45) is 1.15. The number of rotatable bonds is 2. The van der Waals surface area contributed by atoms with E-state index in [2.05, 4.69) is 73.6 Å². The van der Waals surface area contributed by atoms with Gasteiger partial charge >= 0.3 is 0 Å². The second kappa shape index (κ2) is 5.07. The SMILES string of the molecule is CC(C)Cc1ccc(C(C)(C)C)[c]c1C(C)(C)C. The average Bonchev–Trinajstić information content (AvgIpc) is 2.13. The molecule has 0 heteroatoms. The molecule has 0 heterocycles. The first-order valence-corrected chi connectivity index (χ1v) is 7.08. The summed E-state index contributed by atoms with van der Waals surface area (Å²) in [5.41, 5.74) is 4.52. The molecular weight excluding hydrogens is 216 g/mol. The molecule has 0 aliphatic rings. The average molecular weight is 245 g/mol. The van der Waals surface area contributed by atoms with Crippen LogP contribution >= 0.6 is 0 Å². The Kier molecular flexibility index (Phi) is 4.30. The van der Waals surface area contributed by atoms with Crippen LogP contribution in [0.5, 0.6) is 0 Å². The second-order valence-corrected chi connectivity index (χ2v) is 7.87. The highest BCUT2D eigenvalue weighted by Gasteiger charge is 2.22. The summed E-state index contributed by atoms with van der Waals surface area (Å²) in [6, 6.07) is 8.27. The van der Waals surface area contributed by atoms with Crippen LogP contribution in [0.4, 0.5) is 0 Å². The summed E-state index contributed by atoms with van der Waals surface area (Å²) in [6.45, 7) is 18.2. The molecule has 18 heavy (non-hydrogen) atoms. The van der Waals surface area contributed by atoms with Crippen LogP contribution in [0.15, 0.2) is 12.1 Å². The molecule has 0 unspecified atom stereocenters. The Balaban J connectivity index is 3.30. The van der Waals surface area contributed by atoms with E-state index in [9.17, 15) is 0 Å². The van der Waals surface area contributed by atoms with Crippen molar-refractivity contribution in [2.45, 2.75) is 72.6 Å². The smallest absolute Gasteiger partial charge is 0.0100 e. The number of hydrogen-bond acceptors (Lipinski definition) is 0. The molecule has 0 aliphatic heterocycles. The topological polar surface area (TPSA) is 0 Å². The van der Waals surface area contributed by atoms with Gasteiger partial charge in [0.1, 0.15) is 0 Å². The van der Waals surface area contributed by atoms with E-state index in [-0.39, 0.29) is 10.8 Å². The molecule has 0 atom stereocenters. The Hall–Kier alpha value is -0.780. The summed E-state index contributed by atoms with van der Waals surface area (Å²) < 4.78 is 0. The molecule has 0 fully saturated rings. The summed E-state index contributed by atoms with van der Waals surface area (Å²) in [4.78, 5) is 0. The van der Waals surface area contributed by atoms with Crippen molar-refractivity contribution in [3.05, 3.63) is 34.9 Å². The fourth-order valence-corrected chi connectivity index (χ4v) is 2.24. The van der Waals surface area contributed by atoms with E-state index in [1.807, 2.05) is 0 Å².